The summed E-state index contributed by atoms with van der Waals surface area (Å²) < 4.78 is 0. The lowest BCUT2D eigenvalue weighted by Crippen LogP contribution is -2.32. The summed E-state index contributed by atoms with van der Waals surface area (Å²) in [6.07, 6.45) is 13.7. The highest BCUT2D eigenvalue weighted by atomic mass is 15.3. The Morgan fingerprint density at radius 3 is 1.51 bits per heavy atom. The Morgan fingerprint density at radius 1 is 0.686 bits per heavy atom. The Hall–Kier alpha value is -3.05. The molecular weight excluding hydrogens is 444 g/mol. The van der Waals surface area contributed by atoms with E-state index in [9.17, 15) is 0 Å². The highest BCUT2D eigenvalue weighted by Gasteiger charge is 2.20. The molecule has 12 nitrogen and oxygen atoms in total. The maximum atomic E-state index is 5.49. The molecule has 2 aliphatic carbocycles. The van der Waals surface area contributed by atoms with E-state index in [1.54, 1.807) is 0 Å². The molecule has 3 rings (SSSR count). The second kappa shape index (κ2) is 14.4. The number of nitrogens with zero attached hydrogens (tertiary/aromatic N) is 6. The number of rotatable bonds is 13. The van der Waals surface area contributed by atoms with Crippen LogP contribution in [0.1, 0.15) is 77.0 Å². The maximum Gasteiger partial charge on any atom is 0.231 e. The average Bonchev–Trinajstić information content (AvgIpc) is 2.84. The summed E-state index contributed by atoms with van der Waals surface area (Å²) in [4.78, 5) is 24.8. The Morgan fingerprint density at radius 2 is 1.11 bits per heavy atom. The molecule has 0 spiro atoms. The van der Waals surface area contributed by atoms with Crippen molar-refractivity contribution in [2.75, 3.05) is 41.7 Å². The lowest BCUT2D eigenvalue weighted by atomic mass is 9.96. The van der Waals surface area contributed by atoms with Crippen LogP contribution >= 0.6 is 0 Å². The first-order chi connectivity index (χ1) is 17.0. The fourth-order valence-corrected chi connectivity index (χ4v) is 4.75. The van der Waals surface area contributed by atoms with Crippen LogP contribution in [0.5, 0.6) is 0 Å². The molecule has 0 amide bonds. The molecule has 1 aromatic heterocycles. The summed E-state index contributed by atoms with van der Waals surface area (Å²) >= 11 is 0. The van der Waals surface area contributed by atoms with E-state index in [2.05, 4.69) is 25.5 Å². The zero-order chi connectivity index (χ0) is 24.9. The van der Waals surface area contributed by atoms with Crippen LogP contribution in [0.2, 0.25) is 0 Å². The van der Waals surface area contributed by atoms with Gasteiger partial charge in [-0.05, 0) is 38.5 Å². The van der Waals surface area contributed by atoms with Gasteiger partial charge >= 0.3 is 0 Å². The van der Waals surface area contributed by atoms with Gasteiger partial charge in [0.25, 0.3) is 0 Å². The van der Waals surface area contributed by atoms with E-state index in [1.165, 1.54) is 38.5 Å². The molecule has 10 N–H and O–H groups in total. The minimum atomic E-state index is 0.0994. The summed E-state index contributed by atoms with van der Waals surface area (Å²) in [5.74, 6) is 2.12. The molecule has 0 aliphatic heterocycles. The van der Waals surface area contributed by atoms with Crippen molar-refractivity contribution in [3.8, 4) is 0 Å². The van der Waals surface area contributed by atoms with Crippen molar-refractivity contribution in [1.29, 1.82) is 0 Å². The molecule has 2 aliphatic rings. The molecule has 1 heterocycles. The molecule has 0 bridgehead atoms. The fourth-order valence-electron chi connectivity index (χ4n) is 4.75. The first-order valence-corrected chi connectivity index (χ1v) is 13.1. The molecule has 12 heteroatoms. The van der Waals surface area contributed by atoms with Crippen molar-refractivity contribution in [2.45, 2.75) is 89.1 Å². The van der Waals surface area contributed by atoms with Crippen LogP contribution in [0.15, 0.2) is 9.98 Å². The number of aromatic nitrogens is 3. The Bertz CT molecular complexity index is 744. The van der Waals surface area contributed by atoms with Crippen molar-refractivity contribution >= 4 is 29.8 Å². The van der Waals surface area contributed by atoms with Gasteiger partial charge in [-0.15, -0.1) is 0 Å². The van der Waals surface area contributed by atoms with E-state index in [-0.39, 0.29) is 11.9 Å². The Balaban J connectivity index is 1.78. The molecule has 0 unspecified atom stereocenters. The lowest BCUT2D eigenvalue weighted by molar-refractivity contribution is 0.458. The molecule has 0 atom stereocenters. The minimum Gasteiger partial charge on any atom is -0.370 e. The predicted octanol–water partition coefficient (Wildman–Crippen LogP) is 1.49. The van der Waals surface area contributed by atoms with Gasteiger partial charge in [-0.1, -0.05) is 38.5 Å². The Labute approximate surface area is 208 Å². The van der Waals surface area contributed by atoms with Gasteiger partial charge < -0.3 is 38.5 Å². The van der Waals surface area contributed by atoms with Crippen LogP contribution in [0.4, 0.5) is 17.8 Å². The van der Waals surface area contributed by atoms with E-state index >= 15 is 0 Å². The second-order valence-electron chi connectivity index (χ2n) is 9.55. The van der Waals surface area contributed by atoms with Gasteiger partial charge in [-0.3, -0.25) is 9.98 Å². The van der Waals surface area contributed by atoms with Crippen molar-refractivity contribution in [3.63, 3.8) is 0 Å². The van der Waals surface area contributed by atoms with Gasteiger partial charge in [0.2, 0.25) is 17.8 Å². The van der Waals surface area contributed by atoms with Crippen LogP contribution in [0, 0.1) is 0 Å². The van der Waals surface area contributed by atoms with Gasteiger partial charge in [0.1, 0.15) is 0 Å². The number of hydrogen-bond donors (Lipinski definition) is 6. The van der Waals surface area contributed by atoms with E-state index < -0.39 is 0 Å². The zero-order valence-electron chi connectivity index (χ0n) is 21.0. The van der Waals surface area contributed by atoms with Crippen LogP contribution < -0.4 is 38.5 Å². The van der Waals surface area contributed by atoms with Gasteiger partial charge in [-0.25, -0.2) is 0 Å². The summed E-state index contributed by atoms with van der Waals surface area (Å²) in [6, 6.07) is 0.803. The Kier molecular flexibility index (Phi) is 10.9. The maximum absolute atomic E-state index is 5.49. The molecule has 0 saturated heterocycles. The fraction of sp³-hybridized carbons (Fsp3) is 0.783. The number of aliphatic imine (C=N–C) groups is 2. The third-order valence-corrected chi connectivity index (χ3v) is 6.54. The SMILES string of the molecule is NC(N)=NCCCN(CCCN=C(N)N)c1nc(NC2CCCCC2)nc(NC2CCCCC2)n1. The molecule has 2 saturated carbocycles. The molecule has 0 aromatic carbocycles. The highest BCUT2D eigenvalue weighted by molar-refractivity contribution is 5.75. The van der Waals surface area contributed by atoms with E-state index in [0.29, 0.717) is 56.1 Å². The normalized spacial score (nSPS) is 16.9. The third-order valence-electron chi connectivity index (χ3n) is 6.54. The standard InChI is InChI=1S/C23H44N12/c24-19(25)28-13-7-15-35(16-8-14-29-20(26)27)23-33-21(30-17-9-3-1-4-10-17)32-22(34-23)31-18-11-5-2-6-12-18/h17-18H,1-16H2,(H4,24,25,28)(H4,26,27,29)(H2,30,31,32,33,34). The number of hydrogen-bond acceptors (Lipinski definition) is 8. The molecule has 2 fully saturated rings. The predicted molar refractivity (Wildman–Crippen MR) is 144 cm³/mol. The molecule has 0 radical (unpaired) electrons. The first kappa shape index (κ1) is 26.6. The first-order valence-electron chi connectivity index (χ1n) is 13.1. The minimum absolute atomic E-state index is 0.0994. The van der Waals surface area contributed by atoms with Crippen LogP contribution in [0.25, 0.3) is 0 Å². The smallest absolute Gasteiger partial charge is 0.231 e. The van der Waals surface area contributed by atoms with E-state index in [1.807, 2.05) is 0 Å². The number of nitrogens with two attached hydrogens (primary N) is 4. The zero-order valence-corrected chi connectivity index (χ0v) is 21.0. The average molecular weight is 489 g/mol. The quantitative estimate of drug-likeness (QED) is 0.134. The highest BCUT2D eigenvalue weighted by Crippen LogP contribution is 2.24. The monoisotopic (exact) mass is 488 g/mol. The largest absolute Gasteiger partial charge is 0.370 e. The van der Waals surface area contributed by atoms with Gasteiger partial charge in [0.05, 0.1) is 0 Å². The number of anilines is 3. The molecule has 1 aromatic rings. The molecule has 35 heavy (non-hydrogen) atoms. The van der Waals surface area contributed by atoms with Crippen LogP contribution in [0.3, 0.4) is 0 Å². The summed E-state index contributed by atoms with van der Waals surface area (Å²) in [5.41, 5.74) is 22.0. The number of nitrogens with one attached hydrogen (secondary N) is 2. The van der Waals surface area contributed by atoms with Crippen molar-refractivity contribution in [1.82, 2.24) is 15.0 Å². The molecular formula is C23H44N12. The van der Waals surface area contributed by atoms with Gasteiger partial charge in [0.15, 0.2) is 11.9 Å². The van der Waals surface area contributed by atoms with E-state index in [4.69, 9.17) is 37.9 Å². The van der Waals surface area contributed by atoms with Crippen LogP contribution in [-0.4, -0.2) is 65.1 Å². The second-order valence-corrected chi connectivity index (χ2v) is 9.55. The van der Waals surface area contributed by atoms with E-state index in [0.717, 1.165) is 38.5 Å². The summed E-state index contributed by atoms with van der Waals surface area (Å²) in [5, 5.41) is 7.16. The van der Waals surface area contributed by atoms with Gasteiger partial charge in [0, 0.05) is 38.3 Å². The van der Waals surface area contributed by atoms with Crippen LogP contribution in [-0.2, 0) is 0 Å². The van der Waals surface area contributed by atoms with Crippen molar-refractivity contribution in [2.24, 2.45) is 32.9 Å². The summed E-state index contributed by atoms with van der Waals surface area (Å²) in [6.45, 7) is 2.49. The van der Waals surface area contributed by atoms with Gasteiger partial charge in [-0.2, -0.15) is 15.0 Å². The summed E-state index contributed by atoms with van der Waals surface area (Å²) in [7, 11) is 0. The van der Waals surface area contributed by atoms with Crippen molar-refractivity contribution in [3.05, 3.63) is 0 Å². The van der Waals surface area contributed by atoms with Crippen molar-refractivity contribution < 1.29 is 0 Å². The molecule has 196 valence electrons. The number of guanidine groups is 2. The lowest BCUT2D eigenvalue weighted by Gasteiger charge is -2.27. The topological polar surface area (TPSA) is 195 Å². The third kappa shape index (κ3) is 9.99.